The summed E-state index contributed by atoms with van der Waals surface area (Å²) in [6, 6.07) is 9.20. The molecule has 4 N–H and O–H groups in total. The van der Waals surface area contributed by atoms with Gasteiger partial charge in [0.2, 0.25) is 0 Å². The second-order valence-electron chi connectivity index (χ2n) is 6.23. The number of fused-ring (bicyclic) bond motifs is 1. The molecule has 0 fully saturated rings. The lowest BCUT2D eigenvalue weighted by Crippen LogP contribution is -2.41. The summed E-state index contributed by atoms with van der Waals surface area (Å²) >= 11 is 12.4. The fourth-order valence-corrected chi connectivity index (χ4v) is 3.75. The maximum atomic E-state index is 12.7. The molecule has 2 atom stereocenters. The first kappa shape index (κ1) is 22.3. The number of nitrogens with two attached hydrogens (primary N) is 1. The average Bonchev–Trinajstić information content (AvgIpc) is 2.66. The van der Waals surface area contributed by atoms with E-state index in [1.54, 1.807) is 36.4 Å². The molecule has 1 aliphatic rings. The lowest BCUT2D eigenvalue weighted by molar-refractivity contribution is -0.141. The highest BCUT2D eigenvalue weighted by Gasteiger charge is 2.34. The Morgan fingerprint density at radius 2 is 1.93 bits per heavy atom. The van der Waals surface area contributed by atoms with Crippen LogP contribution in [-0.2, 0) is 16.1 Å². The van der Waals surface area contributed by atoms with Crippen LogP contribution in [0.2, 0.25) is 10.0 Å². The molecule has 28 heavy (non-hydrogen) atoms. The fourth-order valence-electron chi connectivity index (χ4n) is 3.12. The van der Waals surface area contributed by atoms with Crippen LogP contribution in [0.25, 0.3) is 0 Å². The molecule has 0 bridgehead atoms. The molecule has 1 amide bonds. The van der Waals surface area contributed by atoms with Gasteiger partial charge in [-0.15, -0.1) is 12.4 Å². The lowest BCUT2D eigenvalue weighted by atomic mass is 9.92. The molecule has 1 heterocycles. The monoisotopic (exact) mass is 443 g/mol. The number of halogens is 3. The number of methoxy groups -OCH3 is 1. The minimum Gasteiger partial charge on any atom is -0.467 e. The van der Waals surface area contributed by atoms with Crippen LogP contribution < -0.4 is 16.4 Å². The summed E-state index contributed by atoms with van der Waals surface area (Å²) in [5, 5.41) is 6.88. The molecule has 0 saturated carbocycles. The minimum atomic E-state index is -0.623. The Morgan fingerprint density at radius 1 is 1.25 bits per heavy atom. The first-order valence-electron chi connectivity index (χ1n) is 8.36. The molecular formula is C19H20Cl3N3O3. The highest BCUT2D eigenvalue weighted by atomic mass is 35.5. The zero-order valence-electron chi connectivity index (χ0n) is 15.0. The van der Waals surface area contributed by atoms with Crippen LogP contribution in [-0.4, -0.2) is 25.0 Å². The largest absolute Gasteiger partial charge is 0.467 e. The third kappa shape index (κ3) is 4.70. The van der Waals surface area contributed by atoms with E-state index < -0.39 is 18.1 Å². The number of ether oxygens (including phenoxy) is 1. The second-order valence-corrected chi connectivity index (χ2v) is 7.08. The van der Waals surface area contributed by atoms with E-state index in [9.17, 15) is 9.59 Å². The molecular weight excluding hydrogens is 425 g/mol. The number of esters is 1. The number of amides is 1. The summed E-state index contributed by atoms with van der Waals surface area (Å²) in [4.78, 5) is 24.7. The summed E-state index contributed by atoms with van der Waals surface area (Å²) in [7, 11) is 1.32. The Labute approximate surface area is 179 Å². The number of anilines is 1. The summed E-state index contributed by atoms with van der Waals surface area (Å²) in [6.45, 7) is 0.404. The van der Waals surface area contributed by atoms with Crippen molar-refractivity contribution in [1.82, 2.24) is 5.32 Å². The van der Waals surface area contributed by atoms with Crippen LogP contribution in [0.1, 0.15) is 33.9 Å². The zero-order valence-corrected chi connectivity index (χ0v) is 17.3. The normalized spacial score (nSPS) is 17.6. The molecule has 2 aromatic rings. The van der Waals surface area contributed by atoms with Crippen LogP contribution in [0.15, 0.2) is 36.4 Å². The van der Waals surface area contributed by atoms with Gasteiger partial charge in [-0.2, -0.15) is 0 Å². The van der Waals surface area contributed by atoms with Gasteiger partial charge in [0.1, 0.15) is 6.04 Å². The maximum absolute atomic E-state index is 12.7. The summed E-state index contributed by atoms with van der Waals surface area (Å²) < 4.78 is 4.84. The first-order chi connectivity index (χ1) is 12.9. The highest BCUT2D eigenvalue weighted by molar-refractivity contribution is 6.35. The first-order valence-corrected chi connectivity index (χ1v) is 9.11. The summed E-state index contributed by atoms with van der Waals surface area (Å²) in [6.07, 6.45) is 0.299. The Morgan fingerprint density at radius 3 is 2.54 bits per heavy atom. The summed E-state index contributed by atoms with van der Waals surface area (Å²) in [5.74, 6) is -0.700. The number of nitrogens with one attached hydrogen (secondary N) is 2. The van der Waals surface area contributed by atoms with Crippen LogP contribution in [0.5, 0.6) is 0 Å². The molecule has 2 aromatic carbocycles. The predicted octanol–water partition coefficient (Wildman–Crippen LogP) is 3.70. The molecule has 0 unspecified atom stereocenters. The van der Waals surface area contributed by atoms with E-state index in [4.69, 9.17) is 33.7 Å². The molecule has 0 aromatic heterocycles. The van der Waals surface area contributed by atoms with Crippen molar-refractivity contribution < 1.29 is 14.3 Å². The van der Waals surface area contributed by atoms with E-state index in [2.05, 4.69) is 10.6 Å². The van der Waals surface area contributed by atoms with Gasteiger partial charge < -0.3 is 21.1 Å². The van der Waals surface area contributed by atoms with Crippen molar-refractivity contribution in [2.45, 2.75) is 25.0 Å². The molecule has 1 aliphatic heterocycles. The molecule has 9 heteroatoms. The number of carbonyl (C=O) groups excluding carboxylic acids is 2. The van der Waals surface area contributed by atoms with E-state index in [-0.39, 0.29) is 18.3 Å². The molecule has 6 nitrogen and oxygen atoms in total. The van der Waals surface area contributed by atoms with Crippen molar-refractivity contribution >= 4 is 53.2 Å². The molecule has 0 radical (unpaired) electrons. The average molecular weight is 445 g/mol. The van der Waals surface area contributed by atoms with E-state index >= 15 is 0 Å². The van der Waals surface area contributed by atoms with E-state index in [1.807, 2.05) is 0 Å². The van der Waals surface area contributed by atoms with Gasteiger partial charge in [0.15, 0.2) is 0 Å². The van der Waals surface area contributed by atoms with Crippen LogP contribution in [0, 0.1) is 0 Å². The van der Waals surface area contributed by atoms with E-state index in [0.29, 0.717) is 39.8 Å². The minimum absolute atomic E-state index is 0. The number of carbonyl (C=O) groups is 2. The van der Waals surface area contributed by atoms with E-state index in [0.717, 1.165) is 5.56 Å². The van der Waals surface area contributed by atoms with Gasteiger partial charge in [0, 0.05) is 39.8 Å². The zero-order chi connectivity index (χ0) is 19.6. The number of rotatable bonds is 4. The van der Waals surface area contributed by atoms with Crippen LogP contribution >= 0.6 is 35.6 Å². The van der Waals surface area contributed by atoms with Gasteiger partial charge in [-0.3, -0.25) is 4.79 Å². The molecule has 0 aliphatic carbocycles. The van der Waals surface area contributed by atoms with Crippen molar-refractivity contribution in [3.63, 3.8) is 0 Å². The van der Waals surface area contributed by atoms with Gasteiger partial charge >= 0.3 is 5.97 Å². The fraction of sp³-hybridized carbons (Fsp3) is 0.263. The molecule has 0 saturated heterocycles. The van der Waals surface area contributed by atoms with Gasteiger partial charge in [-0.05, 0) is 29.8 Å². The van der Waals surface area contributed by atoms with Gasteiger partial charge in [0.25, 0.3) is 5.91 Å². The Kier molecular flexibility index (Phi) is 7.55. The van der Waals surface area contributed by atoms with Gasteiger partial charge in [-0.1, -0.05) is 35.3 Å². The van der Waals surface area contributed by atoms with Crippen molar-refractivity contribution in [3.8, 4) is 0 Å². The Bertz CT molecular complexity index is 875. The third-order valence-electron chi connectivity index (χ3n) is 4.49. The van der Waals surface area contributed by atoms with Crippen molar-refractivity contribution in [1.29, 1.82) is 0 Å². The number of hydrogen-bond acceptors (Lipinski definition) is 5. The van der Waals surface area contributed by atoms with Crippen molar-refractivity contribution in [2.75, 3.05) is 12.4 Å². The van der Waals surface area contributed by atoms with Crippen LogP contribution in [0.3, 0.4) is 0 Å². The molecule has 150 valence electrons. The smallest absolute Gasteiger partial charge is 0.328 e. The Hall–Kier alpha value is -1.99. The van der Waals surface area contributed by atoms with Gasteiger partial charge in [0.05, 0.1) is 13.2 Å². The Balaban J connectivity index is 0.00000280. The third-order valence-corrected chi connectivity index (χ3v) is 5.02. The standard InChI is InChI=1S/C19H19Cl2N3O3.ClH/c1-27-19(26)16-8-15(17-13(21)6-12(20)7-14(17)23-16)24-18(25)11-4-2-10(9-22)3-5-11;/h2-7,15-16,23H,8-9,22H2,1H3,(H,24,25);1H/t15-,16+;/m0./s1. The van der Waals surface area contributed by atoms with E-state index in [1.165, 1.54) is 7.11 Å². The van der Waals surface area contributed by atoms with Crippen molar-refractivity contribution in [3.05, 3.63) is 63.1 Å². The topological polar surface area (TPSA) is 93.5 Å². The number of hydrogen-bond donors (Lipinski definition) is 3. The highest BCUT2D eigenvalue weighted by Crippen LogP contribution is 2.40. The van der Waals surface area contributed by atoms with Crippen molar-refractivity contribution in [2.24, 2.45) is 5.73 Å². The summed E-state index contributed by atoms with van der Waals surface area (Å²) in [5.41, 5.74) is 8.30. The number of benzene rings is 2. The SMILES string of the molecule is COC(=O)[C@H]1C[C@H](NC(=O)c2ccc(CN)cc2)c2c(Cl)cc(Cl)cc2N1.Cl. The predicted molar refractivity (Wildman–Crippen MR) is 112 cm³/mol. The van der Waals surface area contributed by atoms with Gasteiger partial charge in [-0.25, -0.2) is 4.79 Å². The van der Waals surface area contributed by atoms with Crippen LogP contribution in [0.4, 0.5) is 5.69 Å². The lowest BCUT2D eigenvalue weighted by Gasteiger charge is -2.33. The quantitative estimate of drug-likeness (QED) is 0.625. The second kappa shape index (κ2) is 9.47. The molecule has 3 rings (SSSR count). The molecule has 0 spiro atoms. The maximum Gasteiger partial charge on any atom is 0.328 e.